The molecule has 2 saturated heterocycles. The van der Waals surface area contributed by atoms with E-state index < -0.39 is 34.8 Å². The molecule has 6 rings (SSSR count). The Hall–Kier alpha value is -2.00. The lowest BCUT2D eigenvalue weighted by Crippen LogP contribution is -2.62. The van der Waals surface area contributed by atoms with Crippen molar-refractivity contribution in [3.05, 3.63) is 70.8 Å². The van der Waals surface area contributed by atoms with Crippen LogP contribution < -0.4 is 0 Å². The first-order valence-electron chi connectivity index (χ1n) is 22.2. The van der Waals surface area contributed by atoms with Gasteiger partial charge in [-0.2, -0.15) is 0 Å². The van der Waals surface area contributed by atoms with Gasteiger partial charge in [0.2, 0.25) is 0 Å². The number of benzene rings is 2. The van der Waals surface area contributed by atoms with Crippen LogP contribution in [0.3, 0.4) is 0 Å². The Morgan fingerprint density at radius 3 is 1.13 bits per heavy atom. The zero-order valence-electron chi connectivity index (χ0n) is 33.8. The Morgan fingerprint density at radius 2 is 0.782 bits per heavy atom. The molecule has 2 saturated carbocycles. The molecule has 2 aromatic rings. The first-order valence-corrected chi connectivity index (χ1v) is 22.2. The van der Waals surface area contributed by atoms with Crippen LogP contribution in [0.1, 0.15) is 160 Å². The van der Waals surface area contributed by atoms with Crippen molar-refractivity contribution in [1.29, 1.82) is 0 Å². The minimum absolute atomic E-state index is 0.0913. The third kappa shape index (κ3) is 10.4. The van der Waals surface area contributed by atoms with E-state index in [1.54, 1.807) is 0 Å². The van der Waals surface area contributed by atoms with Gasteiger partial charge in [-0.25, -0.2) is 17.6 Å². The minimum atomic E-state index is -1.89. The summed E-state index contributed by atoms with van der Waals surface area (Å²) in [7, 11) is 0. The average Bonchev–Trinajstić information content (AvgIpc) is 3.22. The molecule has 0 radical (unpaired) electrons. The largest absolute Gasteiger partial charge is 0.341 e. The van der Waals surface area contributed by atoms with Gasteiger partial charge >= 0.3 is 0 Å². The molecular weight excluding hydrogens is 705 g/mol. The Morgan fingerprint density at radius 1 is 0.436 bits per heavy atom. The fraction of sp³-hybridized carbons (Fsp3) is 0.745. The van der Waals surface area contributed by atoms with Crippen LogP contribution in [0.5, 0.6) is 0 Å². The van der Waals surface area contributed by atoms with Crippen molar-refractivity contribution >= 4 is 0 Å². The van der Waals surface area contributed by atoms with E-state index in [0.29, 0.717) is 11.8 Å². The highest BCUT2D eigenvalue weighted by Crippen LogP contribution is 2.54. The van der Waals surface area contributed by atoms with Crippen LogP contribution in [0.4, 0.5) is 17.6 Å². The fourth-order valence-corrected chi connectivity index (χ4v) is 10.3. The molecule has 2 heterocycles. The van der Waals surface area contributed by atoms with Crippen molar-refractivity contribution < 1.29 is 36.5 Å². The molecule has 0 N–H and O–H groups in total. The SMILES string of the molecule is CCCCCCCCC1CCC(C2COC(c3ccc(F)c(F)c3)(C3(c4ccc(F)c(F)c4)OCC(C4CCC(CCCCCCC)CC4)CO3)OC2)CC1. The zero-order chi connectivity index (χ0) is 38.7. The van der Waals surface area contributed by atoms with E-state index in [-0.39, 0.29) is 49.4 Å². The Kier molecular flexibility index (Phi) is 16.0. The van der Waals surface area contributed by atoms with E-state index in [1.807, 2.05) is 0 Å². The highest BCUT2D eigenvalue weighted by molar-refractivity contribution is 5.33. The Labute approximate surface area is 328 Å². The zero-order valence-corrected chi connectivity index (χ0v) is 33.8. The van der Waals surface area contributed by atoms with Gasteiger partial charge in [0, 0.05) is 23.0 Å². The van der Waals surface area contributed by atoms with Crippen molar-refractivity contribution in [2.45, 2.75) is 160 Å². The number of ether oxygens (including phenoxy) is 4. The molecule has 308 valence electrons. The molecular formula is C47H68F4O4. The van der Waals surface area contributed by atoms with Crippen molar-refractivity contribution in [1.82, 2.24) is 0 Å². The van der Waals surface area contributed by atoms with E-state index in [9.17, 15) is 8.78 Å². The molecule has 4 aliphatic rings. The molecule has 0 spiro atoms. The molecule has 2 aromatic carbocycles. The molecule has 4 nitrogen and oxygen atoms in total. The van der Waals surface area contributed by atoms with E-state index in [2.05, 4.69) is 13.8 Å². The summed E-state index contributed by atoms with van der Waals surface area (Å²) in [4.78, 5) is 0. The standard InChI is InChI=1S/C47H68F4O4/c1-3-5-7-9-11-13-15-35-18-22-37(23-19-35)39-32-54-47(55-33-39,41-25-27-43(49)45(51)29-41)46(40-24-26-42(48)44(50)28-40)52-30-38(31-53-46)36-20-16-34(17-21-36)14-12-10-8-6-4-2/h24-29,34-39H,3-23,30-33H2,1-2H3. The number of halogens is 4. The summed E-state index contributed by atoms with van der Waals surface area (Å²) in [5.41, 5.74) is 0.352. The quantitative estimate of drug-likeness (QED) is 0.112. The van der Waals surface area contributed by atoms with E-state index in [1.165, 1.54) is 121 Å². The second-order valence-electron chi connectivity index (χ2n) is 17.6. The van der Waals surface area contributed by atoms with Crippen LogP contribution in [0.15, 0.2) is 36.4 Å². The molecule has 0 amide bonds. The molecule has 0 bridgehead atoms. The summed E-state index contributed by atoms with van der Waals surface area (Å²) >= 11 is 0. The predicted molar refractivity (Wildman–Crippen MR) is 209 cm³/mol. The highest BCUT2D eigenvalue weighted by Gasteiger charge is 2.63. The summed E-state index contributed by atoms with van der Waals surface area (Å²) in [6.45, 7) is 5.65. The smallest absolute Gasteiger partial charge is 0.256 e. The number of rotatable bonds is 18. The molecule has 2 aliphatic heterocycles. The molecule has 0 unspecified atom stereocenters. The van der Waals surface area contributed by atoms with Crippen LogP contribution in [0, 0.1) is 58.8 Å². The summed E-state index contributed by atoms with van der Waals surface area (Å²) in [6, 6.07) is 7.07. The minimum Gasteiger partial charge on any atom is -0.341 e. The van der Waals surface area contributed by atoms with Crippen LogP contribution in [-0.4, -0.2) is 26.4 Å². The van der Waals surface area contributed by atoms with E-state index in [0.717, 1.165) is 61.8 Å². The van der Waals surface area contributed by atoms with Gasteiger partial charge in [-0.15, -0.1) is 0 Å². The fourth-order valence-electron chi connectivity index (χ4n) is 10.3. The maximum absolute atomic E-state index is 15.1. The topological polar surface area (TPSA) is 36.9 Å². The second-order valence-corrected chi connectivity index (χ2v) is 17.6. The third-order valence-corrected chi connectivity index (χ3v) is 13.8. The first-order chi connectivity index (χ1) is 26.8. The number of hydrogen-bond donors (Lipinski definition) is 0. The molecule has 2 aliphatic carbocycles. The van der Waals surface area contributed by atoms with Crippen molar-refractivity contribution in [2.24, 2.45) is 35.5 Å². The third-order valence-electron chi connectivity index (χ3n) is 13.8. The molecule has 4 fully saturated rings. The van der Waals surface area contributed by atoms with Gasteiger partial charge in [0.05, 0.1) is 26.4 Å². The Bertz CT molecular complexity index is 1440. The average molecular weight is 773 g/mol. The number of unbranched alkanes of at least 4 members (excludes halogenated alkanes) is 9. The monoisotopic (exact) mass is 773 g/mol. The van der Waals surface area contributed by atoms with Gasteiger partial charge in [0.25, 0.3) is 11.6 Å². The van der Waals surface area contributed by atoms with Gasteiger partial charge in [0.15, 0.2) is 23.3 Å². The van der Waals surface area contributed by atoms with Gasteiger partial charge in [-0.3, -0.25) is 0 Å². The van der Waals surface area contributed by atoms with Crippen LogP contribution in [0.25, 0.3) is 0 Å². The molecule has 0 aromatic heterocycles. The van der Waals surface area contributed by atoms with E-state index >= 15 is 8.78 Å². The van der Waals surface area contributed by atoms with E-state index in [4.69, 9.17) is 18.9 Å². The van der Waals surface area contributed by atoms with Crippen molar-refractivity contribution in [3.8, 4) is 0 Å². The summed E-state index contributed by atoms with van der Waals surface area (Å²) in [6.07, 6.45) is 26.1. The maximum Gasteiger partial charge on any atom is 0.256 e. The van der Waals surface area contributed by atoms with Gasteiger partial charge < -0.3 is 18.9 Å². The Balaban J connectivity index is 1.16. The second kappa shape index (κ2) is 20.6. The summed E-state index contributed by atoms with van der Waals surface area (Å²) in [5.74, 6) is -5.40. The highest BCUT2D eigenvalue weighted by atomic mass is 19.2. The lowest BCUT2D eigenvalue weighted by Gasteiger charge is -2.55. The first kappa shape index (κ1) is 42.6. The molecule has 0 atom stereocenters. The van der Waals surface area contributed by atoms with Gasteiger partial charge in [0.1, 0.15) is 0 Å². The molecule has 55 heavy (non-hydrogen) atoms. The van der Waals surface area contributed by atoms with Crippen LogP contribution >= 0.6 is 0 Å². The summed E-state index contributed by atoms with van der Waals surface area (Å²) in [5, 5.41) is 0. The van der Waals surface area contributed by atoms with Crippen LogP contribution in [0.2, 0.25) is 0 Å². The normalized spacial score (nSPS) is 31.7. The van der Waals surface area contributed by atoms with Gasteiger partial charge in [-0.05, 0) is 73.6 Å². The lowest BCUT2D eigenvalue weighted by atomic mass is 9.74. The number of hydrogen-bond acceptors (Lipinski definition) is 4. The van der Waals surface area contributed by atoms with Gasteiger partial charge in [-0.1, -0.05) is 135 Å². The van der Waals surface area contributed by atoms with Crippen LogP contribution in [-0.2, 0) is 30.5 Å². The summed E-state index contributed by atoms with van der Waals surface area (Å²) < 4.78 is 86.2. The predicted octanol–water partition coefficient (Wildman–Crippen LogP) is 13.3. The lowest BCUT2D eigenvalue weighted by molar-refractivity contribution is -0.465. The maximum atomic E-state index is 15.1. The van der Waals surface area contributed by atoms with Crippen molar-refractivity contribution in [3.63, 3.8) is 0 Å². The van der Waals surface area contributed by atoms with Crippen molar-refractivity contribution in [2.75, 3.05) is 26.4 Å². The molecule has 8 heteroatoms.